The summed E-state index contributed by atoms with van der Waals surface area (Å²) in [5, 5.41) is 3.42. The van der Waals surface area contributed by atoms with E-state index in [-0.39, 0.29) is 12.0 Å². The molecule has 0 aliphatic carbocycles. The summed E-state index contributed by atoms with van der Waals surface area (Å²) in [7, 11) is 0. The van der Waals surface area contributed by atoms with E-state index in [2.05, 4.69) is 57.6 Å². The van der Waals surface area contributed by atoms with Crippen molar-refractivity contribution in [2.75, 3.05) is 25.9 Å². The molecule has 0 spiro atoms. The fourth-order valence-corrected chi connectivity index (χ4v) is 5.79. The van der Waals surface area contributed by atoms with Crippen molar-refractivity contribution in [3.8, 4) is 5.88 Å². The van der Waals surface area contributed by atoms with Gasteiger partial charge in [0.15, 0.2) is 0 Å². The first-order valence-corrected chi connectivity index (χ1v) is 14.8. The second kappa shape index (κ2) is 13.5. The second-order valence-corrected chi connectivity index (χ2v) is 11.3. The molecular weight excluding hydrogens is 516 g/mol. The minimum absolute atomic E-state index is 0.0368. The molecular formula is C30H37ClN4O2S. The molecule has 1 aliphatic rings. The summed E-state index contributed by atoms with van der Waals surface area (Å²) in [5.41, 5.74) is 3.45. The van der Waals surface area contributed by atoms with Crippen LogP contribution in [0.2, 0.25) is 5.02 Å². The molecule has 202 valence electrons. The quantitative estimate of drug-likeness (QED) is 0.289. The summed E-state index contributed by atoms with van der Waals surface area (Å²) in [4.78, 5) is 25.1. The van der Waals surface area contributed by atoms with Gasteiger partial charge in [0.1, 0.15) is 6.10 Å². The van der Waals surface area contributed by atoms with Crippen molar-refractivity contribution in [2.45, 2.75) is 57.1 Å². The zero-order chi connectivity index (χ0) is 27.1. The molecule has 0 saturated carbocycles. The Kier molecular flexibility index (Phi) is 10.1. The fourth-order valence-electron chi connectivity index (χ4n) is 5.09. The van der Waals surface area contributed by atoms with Gasteiger partial charge in [-0.2, -0.15) is 0 Å². The maximum absolute atomic E-state index is 12.7. The predicted molar refractivity (Wildman–Crippen MR) is 155 cm³/mol. The summed E-state index contributed by atoms with van der Waals surface area (Å²) < 4.78 is 6.54. The number of benzene rings is 1. The highest BCUT2D eigenvalue weighted by Gasteiger charge is 2.31. The van der Waals surface area contributed by atoms with Gasteiger partial charge in [-0.25, -0.2) is 4.98 Å². The van der Waals surface area contributed by atoms with Crippen molar-refractivity contribution in [1.29, 1.82) is 0 Å². The van der Waals surface area contributed by atoms with E-state index in [1.165, 1.54) is 16.7 Å². The summed E-state index contributed by atoms with van der Waals surface area (Å²) in [6, 6.07) is 15.0. The van der Waals surface area contributed by atoms with Gasteiger partial charge in [-0.15, -0.1) is 11.8 Å². The Labute approximate surface area is 235 Å². The smallest absolute Gasteiger partial charge is 0.253 e. The van der Waals surface area contributed by atoms with Crippen LogP contribution in [0.1, 0.15) is 59.5 Å². The number of piperidine rings is 1. The third-order valence-electron chi connectivity index (χ3n) is 7.34. The molecule has 1 amide bonds. The molecule has 3 aromatic rings. The van der Waals surface area contributed by atoms with Crippen LogP contribution in [0.5, 0.6) is 5.88 Å². The van der Waals surface area contributed by atoms with Crippen molar-refractivity contribution in [3.05, 3.63) is 82.3 Å². The topological polar surface area (TPSA) is 67.3 Å². The van der Waals surface area contributed by atoms with Gasteiger partial charge in [-0.3, -0.25) is 9.78 Å². The lowest BCUT2D eigenvalue weighted by molar-refractivity contribution is 0.0579. The molecule has 2 aromatic heterocycles. The lowest BCUT2D eigenvalue weighted by Crippen LogP contribution is -2.43. The summed E-state index contributed by atoms with van der Waals surface area (Å²) in [6.45, 7) is 8.68. The third kappa shape index (κ3) is 7.28. The van der Waals surface area contributed by atoms with E-state index in [4.69, 9.17) is 16.3 Å². The molecule has 4 rings (SSSR count). The number of pyridine rings is 2. The first-order valence-electron chi connectivity index (χ1n) is 13.2. The molecule has 1 fully saturated rings. The number of hydrogen-bond acceptors (Lipinski definition) is 6. The van der Waals surface area contributed by atoms with Crippen LogP contribution >= 0.6 is 23.4 Å². The van der Waals surface area contributed by atoms with Crippen LogP contribution < -0.4 is 10.1 Å². The molecule has 2 unspecified atom stereocenters. The SMILES string of the molecule is CSc1ccc(C(Oc2cccc(C)n2)C2CCN(C(C)CCNC(=O)c3c(C)cncc3Cl)CC2)cc1. The van der Waals surface area contributed by atoms with Crippen LogP contribution in [0, 0.1) is 19.8 Å². The normalized spacial score (nSPS) is 16.1. The number of ether oxygens (including phenoxy) is 1. The Morgan fingerprint density at radius 2 is 1.89 bits per heavy atom. The molecule has 3 heterocycles. The minimum atomic E-state index is -0.141. The largest absolute Gasteiger partial charge is 0.469 e. The monoisotopic (exact) mass is 552 g/mol. The standard InChI is InChI=1S/C30H37ClN4O2S/c1-20-18-32-19-26(31)28(20)30(36)33-15-12-22(3)35-16-13-24(14-17-35)29(23-8-10-25(38-4)11-9-23)37-27-7-5-6-21(2)34-27/h5-11,18-19,22,24,29H,12-17H2,1-4H3,(H,33,36). The maximum atomic E-state index is 12.7. The average Bonchev–Trinajstić information content (AvgIpc) is 2.92. The number of halogens is 1. The van der Waals surface area contributed by atoms with Crippen LogP contribution in [0.4, 0.5) is 0 Å². The van der Waals surface area contributed by atoms with E-state index in [1.54, 1.807) is 18.0 Å². The highest BCUT2D eigenvalue weighted by molar-refractivity contribution is 7.98. The molecule has 38 heavy (non-hydrogen) atoms. The molecule has 0 radical (unpaired) electrons. The number of thioether (sulfide) groups is 1. The van der Waals surface area contributed by atoms with Crippen LogP contribution in [-0.4, -0.2) is 52.7 Å². The number of aromatic nitrogens is 2. The number of nitrogens with zero attached hydrogens (tertiary/aromatic N) is 3. The minimum Gasteiger partial charge on any atom is -0.469 e. The van der Waals surface area contributed by atoms with Crippen LogP contribution in [0.15, 0.2) is 59.8 Å². The molecule has 8 heteroatoms. The van der Waals surface area contributed by atoms with Crippen molar-refractivity contribution in [3.63, 3.8) is 0 Å². The first kappa shape index (κ1) is 28.4. The van der Waals surface area contributed by atoms with E-state index < -0.39 is 0 Å². The number of amides is 1. The van der Waals surface area contributed by atoms with Gasteiger partial charge in [0.05, 0.1) is 10.6 Å². The molecule has 2 atom stereocenters. The van der Waals surface area contributed by atoms with Crippen molar-refractivity contribution < 1.29 is 9.53 Å². The van der Waals surface area contributed by atoms with E-state index in [1.807, 2.05) is 32.0 Å². The molecule has 6 nitrogen and oxygen atoms in total. The van der Waals surface area contributed by atoms with Gasteiger partial charge in [0.2, 0.25) is 5.88 Å². The van der Waals surface area contributed by atoms with Gasteiger partial charge in [0, 0.05) is 47.6 Å². The number of nitrogens with one attached hydrogen (secondary N) is 1. The van der Waals surface area contributed by atoms with E-state index in [0.29, 0.717) is 35.0 Å². The zero-order valence-electron chi connectivity index (χ0n) is 22.6. The van der Waals surface area contributed by atoms with Gasteiger partial charge >= 0.3 is 0 Å². The molecule has 1 aliphatic heterocycles. The molecule has 0 bridgehead atoms. The lowest BCUT2D eigenvalue weighted by Gasteiger charge is -2.39. The highest BCUT2D eigenvalue weighted by Crippen LogP contribution is 2.36. The molecule has 1 saturated heterocycles. The number of aryl methyl sites for hydroxylation is 2. The zero-order valence-corrected chi connectivity index (χ0v) is 24.2. The van der Waals surface area contributed by atoms with Crippen molar-refractivity contribution in [1.82, 2.24) is 20.2 Å². The Hall–Kier alpha value is -2.61. The highest BCUT2D eigenvalue weighted by atomic mass is 35.5. The van der Waals surface area contributed by atoms with E-state index in [0.717, 1.165) is 43.6 Å². The van der Waals surface area contributed by atoms with Gasteiger partial charge in [0.25, 0.3) is 5.91 Å². The third-order valence-corrected chi connectivity index (χ3v) is 8.37. The summed E-state index contributed by atoms with van der Waals surface area (Å²) in [5.74, 6) is 0.940. The summed E-state index contributed by atoms with van der Waals surface area (Å²) >= 11 is 7.95. The average molecular weight is 553 g/mol. The summed E-state index contributed by atoms with van der Waals surface area (Å²) in [6.07, 6.45) is 8.20. The van der Waals surface area contributed by atoms with E-state index >= 15 is 0 Å². The van der Waals surface area contributed by atoms with Crippen molar-refractivity contribution >= 4 is 29.3 Å². The number of rotatable bonds is 10. The maximum Gasteiger partial charge on any atom is 0.253 e. The number of carbonyl (C=O) groups excluding carboxylic acids is 1. The van der Waals surface area contributed by atoms with Gasteiger partial charge in [-0.1, -0.05) is 29.8 Å². The number of carbonyl (C=O) groups is 1. The fraction of sp³-hybridized carbons (Fsp3) is 0.433. The Balaban J connectivity index is 1.34. The van der Waals surface area contributed by atoms with Crippen LogP contribution in [0.25, 0.3) is 0 Å². The lowest BCUT2D eigenvalue weighted by atomic mass is 9.86. The molecule has 1 N–H and O–H groups in total. The second-order valence-electron chi connectivity index (χ2n) is 10.0. The predicted octanol–water partition coefficient (Wildman–Crippen LogP) is 6.51. The number of likely N-dealkylation sites (tertiary alicyclic amines) is 1. The Bertz CT molecular complexity index is 1190. The Morgan fingerprint density at radius 1 is 1.16 bits per heavy atom. The van der Waals surface area contributed by atoms with Crippen molar-refractivity contribution in [2.24, 2.45) is 5.92 Å². The van der Waals surface area contributed by atoms with Crippen LogP contribution in [-0.2, 0) is 0 Å². The first-order chi connectivity index (χ1) is 18.4. The number of hydrogen-bond donors (Lipinski definition) is 1. The van der Waals surface area contributed by atoms with Gasteiger partial charge in [-0.05, 0) is 88.7 Å². The Morgan fingerprint density at radius 3 is 2.55 bits per heavy atom. The van der Waals surface area contributed by atoms with Crippen LogP contribution in [0.3, 0.4) is 0 Å². The van der Waals surface area contributed by atoms with Gasteiger partial charge < -0.3 is 15.0 Å². The molecule has 1 aromatic carbocycles. The van der Waals surface area contributed by atoms with E-state index in [9.17, 15) is 4.79 Å².